The summed E-state index contributed by atoms with van der Waals surface area (Å²) in [7, 11) is 0. The molecule has 0 spiro atoms. The van der Waals surface area contributed by atoms with Crippen molar-refractivity contribution in [3.8, 4) is 0 Å². The average Bonchev–Trinajstić information content (AvgIpc) is 3.20. The number of carbonyl (C=O) groups excluding carboxylic acids is 2. The normalized spacial score (nSPS) is 15.7. The van der Waals surface area contributed by atoms with Gasteiger partial charge in [-0.1, -0.05) is 31.5 Å². The van der Waals surface area contributed by atoms with Crippen LogP contribution in [0.1, 0.15) is 24.4 Å². The van der Waals surface area contributed by atoms with Crippen LogP contribution in [-0.4, -0.2) is 53.9 Å². The van der Waals surface area contributed by atoms with Gasteiger partial charge in [0.1, 0.15) is 17.0 Å². The number of nitrogens with zero attached hydrogens (tertiary/aromatic N) is 3. The second kappa shape index (κ2) is 8.43. The lowest BCUT2D eigenvalue weighted by atomic mass is 10.0. The highest BCUT2D eigenvalue weighted by Crippen LogP contribution is 2.17. The fourth-order valence-electron chi connectivity index (χ4n) is 3.06. The Kier molecular flexibility index (Phi) is 6.01. The Morgan fingerprint density at radius 1 is 1.15 bits per heavy atom. The van der Waals surface area contributed by atoms with Crippen LogP contribution in [0.25, 0.3) is 0 Å². The van der Waals surface area contributed by atoms with Crippen molar-refractivity contribution in [2.75, 3.05) is 31.1 Å². The van der Waals surface area contributed by atoms with Crippen LogP contribution in [-0.2, 0) is 4.79 Å². The molecule has 1 atom stereocenters. The van der Waals surface area contributed by atoms with E-state index >= 15 is 0 Å². The smallest absolute Gasteiger partial charge is 0.287 e. The summed E-state index contributed by atoms with van der Waals surface area (Å²) in [5, 5.41) is 3.25. The van der Waals surface area contributed by atoms with Crippen LogP contribution in [0.15, 0.2) is 41.0 Å². The van der Waals surface area contributed by atoms with E-state index in [1.807, 2.05) is 26.0 Å². The fraction of sp³-hybridized carbons (Fsp3) is 0.421. The van der Waals surface area contributed by atoms with Gasteiger partial charge in [0.15, 0.2) is 5.76 Å². The second-order valence-corrected chi connectivity index (χ2v) is 7.19. The molecule has 8 heteroatoms. The van der Waals surface area contributed by atoms with Crippen LogP contribution in [0.2, 0.25) is 5.15 Å². The summed E-state index contributed by atoms with van der Waals surface area (Å²) in [6.07, 6.45) is 1.43. The lowest BCUT2D eigenvalue weighted by Crippen LogP contribution is -2.56. The summed E-state index contributed by atoms with van der Waals surface area (Å²) in [5.74, 6) is 0.507. The first-order valence-electron chi connectivity index (χ1n) is 8.96. The SMILES string of the molecule is CC(C)C(NC(=O)c1ccco1)C(=O)N1CCN(c2cccc(Cl)n2)CC1. The van der Waals surface area contributed by atoms with Crippen molar-refractivity contribution < 1.29 is 14.0 Å². The zero-order valence-electron chi connectivity index (χ0n) is 15.4. The molecule has 1 aliphatic rings. The van der Waals surface area contributed by atoms with Gasteiger partial charge in [-0.05, 0) is 30.2 Å². The Hall–Kier alpha value is -2.54. The van der Waals surface area contributed by atoms with Gasteiger partial charge in [-0.2, -0.15) is 0 Å². The Balaban J connectivity index is 1.61. The van der Waals surface area contributed by atoms with Crippen LogP contribution in [0, 0.1) is 5.92 Å². The maximum Gasteiger partial charge on any atom is 0.287 e. The van der Waals surface area contributed by atoms with Crippen molar-refractivity contribution in [2.45, 2.75) is 19.9 Å². The van der Waals surface area contributed by atoms with Crippen molar-refractivity contribution in [3.63, 3.8) is 0 Å². The predicted octanol–water partition coefficient (Wildman–Crippen LogP) is 2.43. The summed E-state index contributed by atoms with van der Waals surface area (Å²) in [4.78, 5) is 33.4. The lowest BCUT2D eigenvalue weighted by molar-refractivity contribution is -0.134. The van der Waals surface area contributed by atoms with Crippen LogP contribution in [0.4, 0.5) is 5.82 Å². The van der Waals surface area contributed by atoms with Crippen molar-refractivity contribution in [1.29, 1.82) is 0 Å². The minimum atomic E-state index is -0.599. The van der Waals surface area contributed by atoms with Gasteiger partial charge in [-0.15, -0.1) is 0 Å². The van der Waals surface area contributed by atoms with E-state index in [2.05, 4.69) is 15.2 Å². The molecule has 2 aromatic rings. The van der Waals surface area contributed by atoms with E-state index in [1.54, 1.807) is 23.1 Å². The predicted molar refractivity (Wildman–Crippen MR) is 103 cm³/mol. The molecule has 1 fully saturated rings. The first-order chi connectivity index (χ1) is 13.0. The molecule has 2 amide bonds. The van der Waals surface area contributed by atoms with Gasteiger partial charge in [0.25, 0.3) is 5.91 Å². The van der Waals surface area contributed by atoms with E-state index in [-0.39, 0.29) is 23.5 Å². The van der Waals surface area contributed by atoms with Crippen molar-refractivity contribution in [3.05, 3.63) is 47.5 Å². The number of hydrogen-bond acceptors (Lipinski definition) is 5. The van der Waals surface area contributed by atoms with Crippen molar-refractivity contribution >= 4 is 29.2 Å². The highest BCUT2D eigenvalue weighted by Gasteiger charge is 2.31. The first-order valence-corrected chi connectivity index (χ1v) is 9.34. The number of aromatic nitrogens is 1. The summed E-state index contributed by atoms with van der Waals surface area (Å²) in [6.45, 7) is 6.28. The first kappa shape index (κ1) is 19.2. The maximum absolute atomic E-state index is 13.0. The molecule has 1 unspecified atom stereocenters. The molecule has 0 aromatic carbocycles. The molecule has 1 aliphatic heterocycles. The number of halogens is 1. The molecule has 0 bridgehead atoms. The van der Waals surface area contributed by atoms with E-state index in [1.165, 1.54) is 6.26 Å². The van der Waals surface area contributed by atoms with Gasteiger partial charge in [0.05, 0.1) is 6.26 Å². The van der Waals surface area contributed by atoms with Crippen molar-refractivity contribution in [2.24, 2.45) is 5.92 Å². The van der Waals surface area contributed by atoms with E-state index in [0.29, 0.717) is 31.3 Å². The van der Waals surface area contributed by atoms with E-state index in [0.717, 1.165) is 5.82 Å². The highest BCUT2D eigenvalue weighted by atomic mass is 35.5. The number of carbonyl (C=O) groups is 2. The number of anilines is 1. The molecular weight excluding hydrogens is 368 g/mol. The quantitative estimate of drug-likeness (QED) is 0.793. The van der Waals surface area contributed by atoms with E-state index in [9.17, 15) is 9.59 Å². The van der Waals surface area contributed by atoms with Crippen LogP contribution >= 0.6 is 11.6 Å². The largest absolute Gasteiger partial charge is 0.459 e. The Morgan fingerprint density at radius 2 is 1.89 bits per heavy atom. The number of furan rings is 1. The Morgan fingerprint density at radius 3 is 2.48 bits per heavy atom. The van der Waals surface area contributed by atoms with E-state index in [4.69, 9.17) is 16.0 Å². The standard InChI is InChI=1S/C19H23ClN4O3/c1-13(2)17(22-18(25)14-5-4-12-27-14)19(26)24-10-8-23(9-11-24)16-7-3-6-15(20)21-16/h3-7,12-13,17H,8-11H2,1-2H3,(H,22,25). The topological polar surface area (TPSA) is 78.7 Å². The van der Waals surface area contributed by atoms with Crippen molar-refractivity contribution in [1.82, 2.24) is 15.2 Å². The minimum Gasteiger partial charge on any atom is -0.459 e. The molecule has 7 nitrogen and oxygen atoms in total. The highest BCUT2D eigenvalue weighted by molar-refractivity contribution is 6.29. The monoisotopic (exact) mass is 390 g/mol. The van der Waals surface area contributed by atoms with Gasteiger partial charge in [-0.3, -0.25) is 9.59 Å². The third-order valence-corrected chi connectivity index (χ3v) is 4.79. The summed E-state index contributed by atoms with van der Waals surface area (Å²) in [6, 6.07) is 8.13. The van der Waals surface area contributed by atoms with Crippen LogP contribution in [0.5, 0.6) is 0 Å². The van der Waals surface area contributed by atoms with Gasteiger partial charge in [0.2, 0.25) is 5.91 Å². The third kappa shape index (κ3) is 4.60. The lowest BCUT2D eigenvalue weighted by Gasteiger charge is -2.37. The number of amides is 2. The molecule has 1 saturated heterocycles. The van der Waals surface area contributed by atoms with E-state index < -0.39 is 6.04 Å². The van der Waals surface area contributed by atoms with Gasteiger partial charge >= 0.3 is 0 Å². The van der Waals surface area contributed by atoms with Gasteiger partial charge in [0, 0.05) is 26.2 Å². The zero-order valence-corrected chi connectivity index (χ0v) is 16.1. The molecule has 0 radical (unpaired) electrons. The second-order valence-electron chi connectivity index (χ2n) is 6.80. The number of nitrogens with one attached hydrogen (secondary N) is 1. The Bertz CT molecular complexity index is 786. The number of rotatable bonds is 5. The molecule has 1 N–H and O–H groups in total. The zero-order chi connectivity index (χ0) is 19.4. The van der Waals surface area contributed by atoms with Crippen LogP contribution < -0.4 is 10.2 Å². The summed E-state index contributed by atoms with van der Waals surface area (Å²) >= 11 is 5.96. The minimum absolute atomic E-state index is 0.0379. The molecule has 144 valence electrons. The van der Waals surface area contributed by atoms with Crippen LogP contribution in [0.3, 0.4) is 0 Å². The molecule has 0 saturated carbocycles. The number of hydrogen-bond donors (Lipinski definition) is 1. The molecule has 3 rings (SSSR count). The molecule has 0 aliphatic carbocycles. The van der Waals surface area contributed by atoms with Gasteiger partial charge < -0.3 is 19.5 Å². The maximum atomic E-state index is 13.0. The van der Waals surface area contributed by atoms with Gasteiger partial charge in [-0.25, -0.2) is 4.98 Å². The third-order valence-electron chi connectivity index (χ3n) is 4.58. The molecular formula is C19H23ClN4O3. The molecule has 2 aromatic heterocycles. The number of piperazine rings is 1. The molecule has 27 heavy (non-hydrogen) atoms. The summed E-state index contributed by atoms with van der Waals surface area (Å²) in [5.41, 5.74) is 0. The average molecular weight is 391 g/mol. The molecule has 3 heterocycles. The number of pyridine rings is 1. The summed E-state index contributed by atoms with van der Waals surface area (Å²) < 4.78 is 5.11. The fourth-order valence-corrected chi connectivity index (χ4v) is 3.22. The Labute approximate surface area is 163 Å².